The second kappa shape index (κ2) is 9.22. The number of rotatable bonds is 7. The minimum Gasteiger partial charge on any atom is -0.394 e. The topological polar surface area (TPSA) is 88.3 Å². The molecule has 3 heterocycles. The predicted molar refractivity (Wildman–Crippen MR) is 119 cm³/mol. The van der Waals surface area contributed by atoms with Gasteiger partial charge in [0.05, 0.1) is 18.7 Å². The van der Waals surface area contributed by atoms with Crippen molar-refractivity contribution in [2.45, 2.75) is 50.9 Å². The van der Waals surface area contributed by atoms with E-state index in [-0.39, 0.29) is 16.1 Å². The SMILES string of the molecule is C[C@H](CO)n1c(C(F)(F)F)nc2sc(N3CCC[C@@H]3C(=O)CCc3ccccc3)nc2c1=O. The molecule has 2 atom stereocenters. The first-order valence-corrected chi connectivity index (χ1v) is 11.5. The third kappa shape index (κ3) is 4.65. The summed E-state index contributed by atoms with van der Waals surface area (Å²) in [7, 11) is 0. The van der Waals surface area contributed by atoms with Gasteiger partial charge in [-0.3, -0.25) is 14.2 Å². The van der Waals surface area contributed by atoms with E-state index in [9.17, 15) is 27.9 Å². The Balaban J connectivity index is 1.65. The van der Waals surface area contributed by atoms with Crippen molar-refractivity contribution in [3.8, 4) is 0 Å². The summed E-state index contributed by atoms with van der Waals surface area (Å²) in [5.41, 5.74) is -0.0916. The number of aliphatic hydroxyl groups is 1. The molecule has 7 nitrogen and oxygen atoms in total. The fourth-order valence-corrected chi connectivity index (χ4v) is 5.11. The van der Waals surface area contributed by atoms with Gasteiger partial charge in [-0.2, -0.15) is 13.2 Å². The first kappa shape index (κ1) is 23.4. The zero-order chi connectivity index (χ0) is 23.8. The van der Waals surface area contributed by atoms with Crippen LogP contribution in [0.4, 0.5) is 18.3 Å². The van der Waals surface area contributed by atoms with Gasteiger partial charge in [-0.1, -0.05) is 41.7 Å². The van der Waals surface area contributed by atoms with E-state index >= 15 is 0 Å². The van der Waals surface area contributed by atoms with Crippen LogP contribution >= 0.6 is 11.3 Å². The van der Waals surface area contributed by atoms with Gasteiger partial charge in [-0.05, 0) is 31.7 Å². The van der Waals surface area contributed by atoms with Crippen molar-refractivity contribution >= 4 is 32.6 Å². The van der Waals surface area contributed by atoms with E-state index < -0.39 is 36.3 Å². The maximum atomic E-state index is 13.6. The van der Waals surface area contributed by atoms with Crippen LogP contribution in [0.1, 0.15) is 43.6 Å². The number of aryl methyl sites for hydroxylation is 1. The van der Waals surface area contributed by atoms with Gasteiger partial charge in [-0.15, -0.1) is 0 Å². The van der Waals surface area contributed by atoms with Gasteiger partial charge in [0, 0.05) is 13.0 Å². The third-order valence-corrected chi connectivity index (χ3v) is 6.77. The lowest BCUT2D eigenvalue weighted by molar-refractivity contribution is -0.148. The number of nitrogens with zero attached hydrogens (tertiary/aromatic N) is 4. The molecule has 0 amide bonds. The van der Waals surface area contributed by atoms with Gasteiger partial charge in [0.1, 0.15) is 0 Å². The van der Waals surface area contributed by atoms with E-state index in [0.29, 0.717) is 35.5 Å². The number of carbonyl (C=O) groups is 1. The van der Waals surface area contributed by atoms with Gasteiger partial charge >= 0.3 is 6.18 Å². The number of hydrogen-bond acceptors (Lipinski definition) is 7. The van der Waals surface area contributed by atoms with E-state index in [0.717, 1.165) is 23.3 Å². The number of Topliss-reactive ketones (excluding diaryl/α,β-unsaturated/α-hetero) is 1. The normalized spacial score (nSPS) is 17.6. The lowest BCUT2D eigenvalue weighted by Gasteiger charge is -2.22. The summed E-state index contributed by atoms with van der Waals surface area (Å²) < 4.78 is 41.2. The molecule has 1 aliphatic heterocycles. The van der Waals surface area contributed by atoms with Gasteiger partial charge in [0.15, 0.2) is 21.3 Å². The Labute approximate surface area is 191 Å². The fourth-order valence-electron chi connectivity index (χ4n) is 4.10. The summed E-state index contributed by atoms with van der Waals surface area (Å²) in [6.45, 7) is 1.17. The second-order valence-corrected chi connectivity index (χ2v) is 9.05. The van der Waals surface area contributed by atoms with E-state index in [2.05, 4.69) is 9.97 Å². The van der Waals surface area contributed by atoms with E-state index in [1.54, 1.807) is 4.90 Å². The summed E-state index contributed by atoms with van der Waals surface area (Å²) in [6, 6.07) is 8.09. The lowest BCUT2D eigenvalue weighted by atomic mass is 10.0. The average molecular weight is 481 g/mol. The Morgan fingerprint density at radius 3 is 2.67 bits per heavy atom. The van der Waals surface area contributed by atoms with Crippen LogP contribution in [0, 0.1) is 0 Å². The first-order valence-electron chi connectivity index (χ1n) is 10.6. The molecule has 1 aliphatic rings. The molecular weight excluding hydrogens is 457 g/mol. The molecule has 1 fully saturated rings. The first-order chi connectivity index (χ1) is 15.7. The van der Waals surface area contributed by atoms with E-state index in [1.807, 2.05) is 30.3 Å². The van der Waals surface area contributed by atoms with Crippen LogP contribution in [-0.4, -0.2) is 44.6 Å². The predicted octanol–water partition coefficient (Wildman–Crippen LogP) is 3.60. The highest BCUT2D eigenvalue weighted by atomic mass is 32.1. The van der Waals surface area contributed by atoms with Crippen LogP contribution in [0.2, 0.25) is 0 Å². The number of halogens is 3. The number of aromatic nitrogens is 3. The quantitative estimate of drug-likeness (QED) is 0.556. The number of carbonyl (C=O) groups excluding carboxylic acids is 1. The molecule has 3 aromatic rings. The summed E-state index contributed by atoms with van der Waals surface area (Å²) in [6.07, 6.45) is -2.57. The maximum Gasteiger partial charge on any atom is 0.449 e. The number of alkyl halides is 3. The number of benzene rings is 1. The molecule has 0 aliphatic carbocycles. The molecule has 1 saturated heterocycles. The van der Waals surface area contributed by atoms with Crippen LogP contribution < -0.4 is 10.5 Å². The van der Waals surface area contributed by atoms with Crippen molar-refractivity contribution in [1.29, 1.82) is 0 Å². The fraction of sp³-hybridized carbons (Fsp3) is 0.455. The number of thiazole rings is 1. The molecule has 2 aromatic heterocycles. The number of ketones is 1. The molecule has 1 N–H and O–H groups in total. The van der Waals surface area contributed by atoms with Crippen molar-refractivity contribution in [2.24, 2.45) is 0 Å². The molecule has 0 spiro atoms. The van der Waals surface area contributed by atoms with Crippen LogP contribution in [0.3, 0.4) is 0 Å². The highest BCUT2D eigenvalue weighted by molar-refractivity contribution is 7.21. The van der Waals surface area contributed by atoms with E-state index in [4.69, 9.17) is 0 Å². The number of hydrogen-bond donors (Lipinski definition) is 1. The van der Waals surface area contributed by atoms with Crippen LogP contribution in [0.15, 0.2) is 35.1 Å². The molecular formula is C22H23F3N4O3S. The highest BCUT2D eigenvalue weighted by Crippen LogP contribution is 2.35. The molecule has 33 heavy (non-hydrogen) atoms. The largest absolute Gasteiger partial charge is 0.449 e. The molecule has 0 unspecified atom stereocenters. The van der Waals surface area contributed by atoms with Crippen molar-refractivity contribution in [3.63, 3.8) is 0 Å². The summed E-state index contributed by atoms with van der Waals surface area (Å²) in [5, 5.41) is 9.68. The van der Waals surface area contributed by atoms with Crippen molar-refractivity contribution in [1.82, 2.24) is 14.5 Å². The van der Waals surface area contributed by atoms with Gasteiger partial charge < -0.3 is 10.0 Å². The molecule has 0 bridgehead atoms. The average Bonchev–Trinajstić information content (AvgIpc) is 3.44. The molecule has 0 saturated carbocycles. The maximum absolute atomic E-state index is 13.6. The van der Waals surface area contributed by atoms with Crippen molar-refractivity contribution < 1.29 is 23.1 Å². The summed E-state index contributed by atoms with van der Waals surface area (Å²) >= 11 is 0.878. The van der Waals surface area contributed by atoms with E-state index in [1.165, 1.54) is 6.92 Å². The lowest BCUT2D eigenvalue weighted by Crippen LogP contribution is -2.36. The van der Waals surface area contributed by atoms with Crippen LogP contribution in [0.25, 0.3) is 10.3 Å². The molecule has 11 heteroatoms. The number of aliphatic hydroxyl groups excluding tert-OH is 1. The summed E-state index contributed by atoms with van der Waals surface area (Å²) in [5.74, 6) is -1.33. The minimum atomic E-state index is -4.87. The van der Waals surface area contributed by atoms with Crippen LogP contribution in [0.5, 0.6) is 0 Å². The van der Waals surface area contributed by atoms with Gasteiger partial charge in [0.25, 0.3) is 5.56 Å². The standard InChI is InChI=1S/C22H23F3N4O3S/c1-13(12-30)29-19(32)17-18(27-20(29)22(23,24)25)33-21(26-17)28-11-5-8-15(28)16(31)10-9-14-6-3-2-4-7-14/h2-4,6-7,13,15,30H,5,8-12H2,1H3/t13-,15-/m1/s1. The number of anilines is 1. The Kier molecular flexibility index (Phi) is 6.53. The van der Waals surface area contributed by atoms with Crippen molar-refractivity contribution in [2.75, 3.05) is 18.1 Å². The van der Waals surface area contributed by atoms with Gasteiger partial charge in [-0.25, -0.2) is 9.97 Å². The summed E-state index contributed by atoms with van der Waals surface area (Å²) in [4.78, 5) is 35.4. The Bertz CT molecular complexity index is 1210. The number of fused-ring (bicyclic) bond motifs is 1. The molecule has 0 radical (unpaired) electrons. The monoisotopic (exact) mass is 480 g/mol. The zero-order valence-corrected chi connectivity index (χ0v) is 18.7. The smallest absolute Gasteiger partial charge is 0.394 e. The minimum absolute atomic E-state index is 0.0332. The second-order valence-electron chi connectivity index (χ2n) is 8.09. The third-order valence-electron chi connectivity index (χ3n) is 5.79. The molecule has 1 aromatic carbocycles. The molecule has 4 rings (SSSR count). The van der Waals surface area contributed by atoms with Crippen LogP contribution in [-0.2, 0) is 17.4 Å². The Morgan fingerprint density at radius 1 is 1.27 bits per heavy atom. The zero-order valence-electron chi connectivity index (χ0n) is 17.9. The highest BCUT2D eigenvalue weighted by Gasteiger charge is 2.39. The Hall–Kier alpha value is -2.79. The van der Waals surface area contributed by atoms with Crippen molar-refractivity contribution in [3.05, 3.63) is 52.1 Å². The Morgan fingerprint density at radius 2 is 2.00 bits per heavy atom. The molecule has 176 valence electrons. The van der Waals surface area contributed by atoms with Gasteiger partial charge in [0.2, 0.25) is 5.82 Å².